The summed E-state index contributed by atoms with van der Waals surface area (Å²) in [5.41, 5.74) is 6.53. The molecule has 2 atom stereocenters. The minimum absolute atomic E-state index is 0.0497. The monoisotopic (exact) mass is 527 g/mol. The van der Waals surface area contributed by atoms with Crippen LogP contribution in [0.2, 0.25) is 0 Å². The zero-order valence-corrected chi connectivity index (χ0v) is 21.8. The molecular weight excluding hydrogens is 498 g/mol. The number of nitrogens with zero attached hydrogens (tertiary/aromatic N) is 2. The molecule has 39 heavy (non-hydrogen) atoms. The van der Waals surface area contributed by atoms with Gasteiger partial charge in [-0.3, -0.25) is 9.59 Å². The summed E-state index contributed by atoms with van der Waals surface area (Å²) < 4.78 is 18.4. The molecule has 0 aliphatic carbocycles. The third-order valence-corrected chi connectivity index (χ3v) is 7.84. The Kier molecular flexibility index (Phi) is 6.03. The van der Waals surface area contributed by atoms with Gasteiger partial charge in [-0.05, 0) is 31.4 Å². The number of ether oxygens (including phenoxy) is 3. The van der Waals surface area contributed by atoms with Crippen LogP contribution in [0.1, 0.15) is 35.2 Å². The van der Waals surface area contributed by atoms with Gasteiger partial charge >= 0.3 is 5.97 Å². The van der Waals surface area contributed by atoms with Crippen LogP contribution in [0, 0.1) is 6.92 Å². The Hall–Kier alpha value is -4.37. The molecule has 1 aromatic heterocycles. The molecule has 3 aliphatic heterocycles. The van der Waals surface area contributed by atoms with Crippen LogP contribution in [-0.2, 0) is 37.6 Å². The molecule has 0 bridgehead atoms. The van der Waals surface area contributed by atoms with Gasteiger partial charge in [-0.1, -0.05) is 48.5 Å². The van der Waals surface area contributed by atoms with Crippen LogP contribution in [0.4, 0.5) is 5.69 Å². The van der Waals surface area contributed by atoms with Gasteiger partial charge in [0.15, 0.2) is 0 Å². The van der Waals surface area contributed by atoms with Gasteiger partial charge in [0.2, 0.25) is 11.8 Å². The summed E-state index contributed by atoms with van der Waals surface area (Å²) in [4.78, 5) is 44.2. The zero-order chi connectivity index (χ0) is 27.3. The van der Waals surface area contributed by atoms with E-state index < -0.39 is 22.9 Å². The molecule has 9 nitrogen and oxygen atoms in total. The molecule has 1 amide bonds. The Labute approximate surface area is 225 Å². The number of rotatable bonds is 5. The van der Waals surface area contributed by atoms with Crippen LogP contribution in [0.15, 0.2) is 76.9 Å². The number of amides is 1. The van der Waals surface area contributed by atoms with Crippen molar-refractivity contribution in [3.8, 4) is 5.75 Å². The van der Waals surface area contributed by atoms with Gasteiger partial charge in [-0.25, -0.2) is 4.79 Å². The number of carbonyl (C=O) groups excluding carboxylic acids is 2. The van der Waals surface area contributed by atoms with Crippen LogP contribution in [0.5, 0.6) is 5.75 Å². The standard InChI is InChI=1S/C30H29N3O6/c1-18-15-23-24(27(34)32(18)17-20-11-8-14-38-20)30(25(26(31)39-23)28(35)37-2)21-12-6-7-13-22(21)33(29(30)36)16-19-9-4-3-5-10-19/h3-7,9-10,12-13,15,20H,8,11,14,16-17,31H2,1-2H3. The first-order valence-corrected chi connectivity index (χ1v) is 13.0. The molecule has 6 rings (SSSR count). The second-order valence-corrected chi connectivity index (χ2v) is 10.1. The average molecular weight is 528 g/mol. The van der Waals surface area contributed by atoms with E-state index in [1.165, 1.54) is 7.11 Å². The number of fused-ring (bicyclic) bond motifs is 4. The van der Waals surface area contributed by atoms with E-state index in [1.54, 1.807) is 34.6 Å². The maximum Gasteiger partial charge on any atom is 0.340 e. The molecular formula is C30H29N3O6. The van der Waals surface area contributed by atoms with E-state index >= 15 is 0 Å². The molecule has 1 fully saturated rings. The predicted octanol–water partition coefficient (Wildman–Crippen LogP) is 2.90. The number of para-hydroxylation sites is 1. The van der Waals surface area contributed by atoms with Crippen molar-refractivity contribution in [3.63, 3.8) is 0 Å². The number of carbonyl (C=O) groups is 2. The van der Waals surface area contributed by atoms with Gasteiger partial charge in [-0.2, -0.15) is 0 Å². The molecule has 0 saturated carbocycles. The third kappa shape index (κ3) is 3.68. The molecule has 2 N–H and O–H groups in total. The molecule has 1 spiro atoms. The highest BCUT2D eigenvalue weighted by atomic mass is 16.5. The molecule has 0 radical (unpaired) electrons. The second-order valence-electron chi connectivity index (χ2n) is 10.1. The number of hydrogen-bond acceptors (Lipinski definition) is 7. The van der Waals surface area contributed by atoms with Crippen molar-refractivity contribution < 1.29 is 23.8 Å². The number of pyridine rings is 1. The minimum atomic E-state index is -1.85. The van der Waals surface area contributed by atoms with Crippen LogP contribution in [0.25, 0.3) is 0 Å². The summed E-state index contributed by atoms with van der Waals surface area (Å²) in [5, 5.41) is 0. The normalized spacial score (nSPS) is 21.6. The van der Waals surface area contributed by atoms with Crippen molar-refractivity contribution in [1.82, 2.24) is 4.57 Å². The molecule has 2 unspecified atom stereocenters. The Morgan fingerprint density at radius 2 is 1.87 bits per heavy atom. The summed E-state index contributed by atoms with van der Waals surface area (Å²) in [6, 6.07) is 18.4. The fourth-order valence-electron chi connectivity index (χ4n) is 6.08. The van der Waals surface area contributed by atoms with Gasteiger partial charge in [0, 0.05) is 29.6 Å². The van der Waals surface area contributed by atoms with Gasteiger partial charge in [-0.15, -0.1) is 0 Å². The molecule has 4 heterocycles. The Morgan fingerprint density at radius 3 is 2.59 bits per heavy atom. The zero-order valence-electron chi connectivity index (χ0n) is 21.8. The van der Waals surface area contributed by atoms with E-state index in [0.717, 1.165) is 18.4 Å². The lowest BCUT2D eigenvalue weighted by Gasteiger charge is -2.36. The number of hydrogen-bond donors (Lipinski definition) is 1. The summed E-state index contributed by atoms with van der Waals surface area (Å²) >= 11 is 0. The Morgan fingerprint density at radius 1 is 1.13 bits per heavy atom. The van der Waals surface area contributed by atoms with E-state index in [-0.39, 0.29) is 35.4 Å². The average Bonchev–Trinajstić information content (AvgIpc) is 3.53. The van der Waals surface area contributed by atoms with E-state index in [0.29, 0.717) is 30.1 Å². The fraction of sp³-hybridized carbons (Fsp3) is 0.300. The summed E-state index contributed by atoms with van der Waals surface area (Å²) in [6.07, 6.45) is 1.63. The van der Waals surface area contributed by atoms with Crippen molar-refractivity contribution in [1.29, 1.82) is 0 Å². The highest BCUT2D eigenvalue weighted by molar-refractivity contribution is 6.18. The highest BCUT2D eigenvalue weighted by Crippen LogP contribution is 2.55. The van der Waals surface area contributed by atoms with Gasteiger partial charge in [0.05, 0.1) is 31.9 Å². The lowest BCUT2D eigenvalue weighted by molar-refractivity contribution is -0.138. The number of methoxy groups -OCH3 is 1. The molecule has 2 aromatic carbocycles. The van der Waals surface area contributed by atoms with Crippen LogP contribution in [0.3, 0.4) is 0 Å². The number of benzene rings is 2. The van der Waals surface area contributed by atoms with E-state index in [4.69, 9.17) is 19.9 Å². The van der Waals surface area contributed by atoms with Gasteiger partial charge < -0.3 is 29.4 Å². The van der Waals surface area contributed by atoms with Crippen molar-refractivity contribution in [3.05, 3.63) is 105 Å². The minimum Gasteiger partial charge on any atom is -0.465 e. The largest absolute Gasteiger partial charge is 0.465 e. The fourth-order valence-corrected chi connectivity index (χ4v) is 6.08. The first-order valence-electron chi connectivity index (χ1n) is 13.0. The lowest BCUT2D eigenvalue weighted by atomic mass is 9.68. The number of nitrogens with two attached hydrogens (primary N) is 1. The summed E-state index contributed by atoms with van der Waals surface area (Å²) in [7, 11) is 1.21. The van der Waals surface area contributed by atoms with Crippen molar-refractivity contribution in [2.24, 2.45) is 5.73 Å². The van der Waals surface area contributed by atoms with Crippen LogP contribution in [-0.4, -0.2) is 36.3 Å². The third-order valence-electron chi connectivity index (χ3n) is 7.84. The summed E-state index contributed by atoms with van der Waals surface area (Å²) in [5.74, 6) is -1.43. The lowest BCUT2D eigenvalue weighted by Crippen LogP contribution is -2.52. The number of aromatic nitrogens is 1. The molecule has 1 saturated heterocycles. The molecule has 3 aliphatic rings. The van der Waals surface area contributed by atoms with Crippen molar-refractivity contribution >= 4 is 17.6 Å². The first-order chi connectivity index (χ1) is 18.9. The van der Waals surface area contributed by atoms with E-state index in [9.17, 15) is 14.4 Å². The SMILES string of the molecule is COC(=O)C1=C(N)Oc2cc(C)n(CC3CCCO3)c(=O)c2C12C(=O)N(Cc1ccccc1)c1ccccc12. The molecule has 200 valence electrons. The smallest absolute Gasteiger partial charge is 0.340 e. The molecule has 9 heteroatoms. The summed E-state index contributed by atoms with van der Waals surface area (Å²) in [6.45, 7) is 3.00. The van der Waals surface area contributed by atoms with Crippen molar-refractivity contribution in [2.45, 2.75) is 44.4 Å². The first kappa shape index (κ1) is 24.9. The maximum atomic E-state index is 14.8. The van der Waals surface area contributed by atoms with Gasteiger partial charge in [0.1, 0.15) is 16.7 Å². The maximum absolute atomic E-state index is 14.8. The Bertz CT molecular complexity index is 1570. The van der Waals surface area contributed by atoms with Gasteiger partial charge in [0.25, 0.3) is 5.56 Å². The second kappa shape index (κ2) is 9.43. The molecule has 3 aromatic rings. The Balaban J connectivity index is 1.64. The van der Waals surface area contributed by atoms with Crippen LogP contribution >= 0.6 is 0 Å². The number of anilines is 1. The van der Waals surface area contributed by atoms with E-state index in [1.807, 2.05) is 42.5 Å². The van der Waals surface area contributed by atoms with Crippen molar-refractivity contribution in [2.75, 3.05) is 18.6 Å². The van der Waals surface area contributed by atoms with Crippen LogP contribution < -0.4 is 20.9 Å². The predicted molar refractivity (Wildman–Crippen MR) is 143 cm³/mol. The quantitative estimate of drug-likeness (QED) is 0.508. The number of esters is 1. The topological polar surface area (TPSA) is 113 Å². The number of aryl methyl sites for hydroxylation is 1. The van der Waals surface area contributed by atoms with E-state index in [2.05, 4.69) is 0 Å². The highest BCUT2D eigenvalue weighted by Gasteiger charge is 2.62.